The molecule has 4 nitrogen and oxygen atoms in total. The van der Waals surface area contributed by atoms with Crippen molar-refractivity contribution in [1.82, 2.24) is 4.98 Å². The molecule has 1 aromatic rings. The Balaban J connectivity index is 2.49. The summed E-state index contributed by atoms with van der Waals surface area (Å²) in [5.41, 5.74) is 7.11. The number of carbonyl (C=O) groups excluding carboxylic acids is 1. The van der Waals surface area contributed by atoms with E-state index in [0.29, 0.717) is 17.3 Å². The van der Waals surface area contributed by atoms with Gasteiger partial charge >= 0.3 is 0 Å². The van der Waals surface area contributed by atoms with Crippen molar-refractivity contribution in [2.75, 3.05) is 16.8 Å². The summed E-state index contributed by atoms with van der Waals surface area (Å²) in [4.78, 5) is 16.2. The van der Waals surface area contributed by atoms with Gasteiger partial charge in [0.2, 0.25) is 5.91 Å². The van der Waals surface area contributed by atoms with Crippen LogP contribution in [-0.2, 0) is 4.79 Å². The molecule has 3 N–H and O–H groups in total. The minimum absolute atomic E-state index is 0.00540. The first-order valence-electron chi connectivity index (χ1n) is 3.86. The lowest BCUT2D eigenvalue weighted by molar-refractivity contribution is -0.113. The summed E-state index contributed by atoms with van der Waals surface area (Å²) in [5.74, 6) is 1.07. The topological polar surface area (TPSA) is 68.0 Å². The molecule has 1 amide bonds. The molecule has 0 aromatic carbocycles. The molecule has 2 heterocycles. The Morgan fingerprint density at radius 2 is 2.46 bits per heavy atom. The Labute approximate surface area is 79.9 Å². The molecule has 68 valence electrons. The maximum atomic E-state index is 11.0. The van der Waals surface area contributed by atoms with Crippen LogP contribution < -0.4 is 11.1 Å². The van der Waals surface area contributed by atoms with Gasteiger partial charge in [0.05, 0.1) is 22.0 Å². The number of amides is 1. The number of anilines is 2. The van der Waals surface area contributed by atoms with Crippen LogP contribution in [0.4, 0.5) is 11.5 Å². The van der Waals surface area contributed by atoms with Crippen LogP contribution in [0, 0.1) is 6.92 Å². The molecule has 0 aliphatic carbocycles. The molecule has 0 spiro atoms. The van der Waals surface area contributed by atoms with Gasteiger partial charge in [-0.3, -0.25) is 4.79 Å². The molecule has 0 fully saturated rings. The van der Waals surface area contributed by atoms with E-state index in [-0.39, 0.29) is 5.91 Å². The number of aryl methyl sites for hydroxylation is 1. The normalized spacial score (nSPS) is 15.0. The zero-order valence-electron chi connectivity index (χ0n) is 7.13. The molecule has 2 rings (SSSR count). The molecule has 0 atom stereocenters. The number of nitrogens with one attached hydrogen (secondary N) is 1. The van der Waals surface area contributed by atoms with Gasteiger partial charge in [-0.2, -0.15) is 0 Å². The van der Waals surface area contributed by atoms with Crippen molar-refractivity contribution >= 4 is 29.2 Å². The minimum atomic E-state index is -0.00540. The molecule has 0 radical (unpaired) electrons. The van der Waals surface area contributed by atoms with Crippen molar-refractivity contribution in [2.24, 2.45) is 0 Å². The van der Waals surface area contributed by atoms with E-state index in [1.54, 1.807) is 0 Å². The van der Waals surface area contributed by atoms with Crippen LogP contribution in [0.1, 0.15) is 5.69 Å². The van der Waals surface area contributed by atoms with Gasteiger partial charge in [0.15, 0.2) is 0 Å². The van der Waals surface area contributed by atoms with Crippen LogP contribution in [0.3, 0.4) is 0 Å². The van der Waals surface area contributed by atoms with Gasteiger partial charge in [-0.1, -0.05) is 0 Å². The number of pyridine rings is 1. The number of nitrogens with zero attached hydrogens (tertiary/aromatic N) is 1. The Morgan fingerprint density at radius 3 is 3.23 bits per heavy atom. The third-order valence-corrected chi connectivity index (χ3v) is 2.86. The van der Waals surface area contributed by atoms with Gasteiger partial charge in [-0.05, 0) is 13.0 Å². The van der Waals surface area contributed by atoms with Crippen molar-refractivity contribution in [3.63, 3.8) is 0 Å². The molecule has 0 unspecified atom stereocenters. The number of hydrogen-bond donors (Lipinski definition) is 2. The second-order valence-electron chi connectivity index (χ2n) is 2.85. The second-order valence-corrected chi connectivity index (χ2v) is 3.86. The van der Waals surface area contributed by atoms with E-state index in [9.17, 15) is 4.79 Å². The molecule has 13 heavy (non-hydrogen) atoms. The summed E-state index contributed by atoms with van der Waals surface area (Å²) in [7, 11) is 0. The summed E-state index contributed by atoms with van der Waals surface area (Å²) in [6.45, 7) is 1.82. The third-order valence-electron chi connectivity index (χ3n) is 1.83. The van der Waals surface area contributed by atoms with Gasteiger partial charge in [0, 0.05) is 0 Å². The Kier molecular flexibility index (Phi) is 1.88. The average molecular weight is 195 g/mol. The van der Waals surface area contributed by atoms with Crippen molar-refractivity contribution < 1.29 is 4.79 Å². The quantitative estimate of drug-likeness (QED) is 0.648. The van der Waals surface area contributed by atoms with Crippen LogP contribution >= 0.6 is 11.8 Å². The van der Waals surface area contributed by atoms with Gasteiger partial charge < -0.3 is 11.1 Å². The largest absolute Gasteiger partial charge is 0.397 e. The number of nitrogens with two attached hydrogens (primary N) is 1. The van der Waals surface area contributed by atoms with Crippen molar-refractivity contribution in [1.29, 1.82) is 0 Å². The first kappa shape index (κ1) is 8.37. The fourth-order valence-electron chi connectivity index (χ4n) is 1.11. The second kappa shape index (κ2) is 2.92. The zero-order valence-corrected chi connectivity index (χ0v) is 7.94. The van der Waals surface area contributed by atoms with Crippen LogP contribution in [0.2, 0.25) is 0 Å². The lowest BCUT2D eigenvalue weighted by atomic mass is 10.3. The summed E-state index contributed by atoms with van der Waals surface area (Å²) in [6, 6.07) is 1.85. The van der Waals surface area contributed by atoms with E-state index >= 15 is 0 Å². The molecule has 1 aliphatic rings. The Hall–Kier alpha value is -1.23. The lowest BCUT2D eigenvalue weighted by Gasteiger charge is -2.16. The minimum Gasteiger partial charge on any atom is -0.397 e. The average Bonchev–Trinajstić information content (AvgIpc) is 2.08. The Morgan fingerprint density at radius 1 is 1.69 bits per heavy atom. The van der Waals surface area contributed by atoms with Gasteiger partial charge in [-0.25, -0.2) is 4.98 Å². The fraction of sp³-hybridized carbons (Fsp3) is 0.250. The lowest BCUT2D eigenvalue weighted by Crippen LogP contribution is -2.20. The molecular weight excluding hydrogens is 186 g/mol. The number of carbonyl (C=O) groups is 1. The maximum absolute atomic E-state index is 11.0. The molecule has 0 saturated heterocycles. The van der Waals surface area contributed by atoms with E-state index < -0.39 is 0 Å². The molecular formula is C8H9N3OS. The number of aromatic nitrogens is 1. The van der Waals surface area contributed by atoms with Crippen LogP contribution in [0.25, 0.3) is 0 Å². The van der Waals surface area contributed by atoms with Crippen molar-refractivity contribution in [3.05, 3.63) is 11.8 Å². The van der Waals surface area contributed by atoms with Crippen molar-refractivity contribution in [3.8, 4) is 0 Å². The molecule has 1 aromatic heterocycles. The smallest absolute Gasteiger partial charge is 0.235 e. The van der Waals surface area contributed by atoms with Crippen LogP contribution in [0.15, 0.2) is 11.0 Å². The van der Waals surface area contributed by atoms with Gasteiger partial charge in [-0.15, -0.1) is 11.8 Å². The van der Waals surface area contributed by atoms with E-state index in [1.807, 2.05) is 13.0 Å². The standard InChI is InChI=1S/C8H9N3OS/c1-4-5(9)2-6-8(10-4)11-7(12)3-13-6/h2H,3,9H2,1H3,(H,10,11,12). The highest BCUT2D eigenvalue weighted by atomic mass is 32.2. The SMILES string of the molecule is Cc1nc2c(cc1N)SCC(=O)N2. The highest BCUT2D eigenvalue weighted by Crippen LogP contribution is 2.31. The molecule has 1 aliphatic heterocycles. The number of thioether (sulfide) groups is 1. The monoisotopic (exact) mass is 195 g/mol. The summed E-state index contributed by atoms with van der Waals surface area (Å²) < 4.78 is 0. The third kappa shape index (κ3) is 1.47. The van der Waals surface area contributed by atoms with E-state index in [4.69, 9.17) is 5.73 Å². The predicted octanol–water partition coefficient (Wildman–Crippen LogP) is 1.02. The fourth-order valence-corrected chi connectivity index (χ4v) is 1.91. The Bertz CT molecular complexity index is 378. The van der Waals surface area contributed by atoms with Gasteiger partial charge in [0.1, 0.15) is 5.82 Å². The van der Waals surface area contributed by atoms with E-state index in [1.165, 1.54) is 11.8 Å². The summed E-state index contributed by atoms with van der Waals surface area (Å²) in [5, 5.41) is 2.70. The zero-order chi connectivity index (χ0) is 9.42. The first-order chi connectivity index (χ1) is 6.16. The predicted molar refractivity (Wildman–Crippen MR) is 52.7 cm³/mol. The number of hydrogen-bond acceptors (Lipinski definition) is 4. The van der Waals surface area contributed by atoms with E-state index in [0.717, 1.165) is 10.6 Å². The maximum Gasteiger partial charge on any atom is 0.235 e. The molecule has 0 saturated carbocycles. The van der Waals surface area contributed by atoms with E-state index in [2.05, 4.69) is 10.3 Å². The van der Waals surface area contributed by atoms with Crippen LogP contribution in [0.5, 0.6) is 0 Å². The van der Waals surface area contributed by atoms with Crippen LogP contribution in [-0.4, -0.2) is 16.6 Å². The molecule has 5 heteroatoms. The highest BCUT2D eigenvalue weighted by Gasteiger charge is 2.17. The summed E-state index contributed by atoms with van der Waals surface area (Å²) >= 11 is 1.47. The number of rotatable bonds is 0. The first-order valence-corrected chi connectivity index (χ1v) is 4.85. The number of fused-ring (bicyclic) bond motifs is 1. The van der Waals surface area contributed by atoms with Crippen molar-refractivity contribution in [2.45, 2.75) is 11.8 Å². The number of nitrogen functional groups attached to an aromatic ring is 1. The van der Waals surface area contributed by atoms with Gasteiger partial charge in [0.25, 0.3) is 0 Å². The summed E-state index contributed by atoms with van der Waals surface area (Å²) in [6.07, 6.45) is 0. The highest BCUT2D eigenvalue weighted by molar-refractivity contribution is 8.00. The molecule has 0 bridgehead atoms.